The highest BCUT2D eigenvalue weighted by Gasteiger charge is 2.47. The lowest BCUT2D eigenvalue weighted by Crippen LogP contribution is -2.36. The fourth-order valence-corrected chi connectivity index (χ4v) is 4.85. The third kappa shape index (κ3) is 4.73. The van der Waals surface area contributed by atoms with E-state index >= 15 is 0 Å². The molecule has 2 aliphatic rings. The number of halogens is 1. The van der Waals surface area contributed by atoms with Gasteiger partial charge in [-0.2, -0.15) is 0 Å². The smallest absolute Gasteiger partial charge is 0.212 e. The molecule has 0 spiro atoms. The van der Waals surface area contributed by atoms with Gasteiger partial charge in [0.05, 0.1) is 17.9 Å². The van der Waals surface area contributed by atoms with E-state index in [9.17, 15) is 12.8 Å². The lowest BCUT2D eigenvalue weighted by atomic mass is 9.86. The summed E-state index contributed by atoms with van der Waals surface area (Å²) in [5, 5.41) is 0. The number of rotatable bonds is 10. The summed E-state index contributed by atoms with van der Waals surface area (Å²) < 4.78 is 47.2. The molecule has 0 bridgehead atoms. The van der Waals surface area contributed by atoms with Gasteiger partial charge in [0.2, 0.25) is 10.0 Å². The van der Waals surface area contributed by atoms with Gasteiger partial charge in [-0.25, -0.2) is 17.5 Å². The first-order valence-corrected chi connectivity index (χ1v) is 11.0. The average Bonchev–Trinajstić information content (AvgIpc) is 3.27. The van der Waals surface area contributed by atoms with Crippen LogP contribution in [0.2, 0.25) is 0 Å². The molecule has 0 saturated heterocycles. The normalized spacial score (nSPS) is 19.4. The van der Waals surface area contributed by atoms with E-state index in [1.807, 2.05) is 6.92 Å². The fourth-order valence-electron chi connectivity index (χ4n) is 3.24. The molecule has 0 heterocycles. The lowest BCUT2D eigenvalue weighted by Gasteiger charge is -2.25. The van der Waals surface area contributed by atoms with Crippen molar-refractivity contribution in [3.63, 3.8) is 0 Å². The van der Waals surface area contributed by atoms with Crippen molar-refractivity contribution < 1.29 is 17.5 Å². The van der Waals surface area contributed by atoms with Crippen molar-refractivity contribution in [1.82, 2.24) is 4.72 Å². The van der Waals surface area contributed by atoms with Crippen LogP contribution in [0.5, 0.6) is 5.75 Å². The zero-order chi connectivity index (χ0) is 17.9. The molecule has 4 nitrogen and oxygen atoms in total. The maximum atomic E-state index is 14.0. The second-order valence-electron chi connectivity index (χ2n) is 7.46. The van der Waals surface area contributed by atoms with E-state index < -0.39 is 15.6 Å². The Morgan fingerprint density at radius 1 is 1.28 bits per heavy atom. The van der Waals surface area contributed by atoms with Crippen LogP contribution < -0.4 is 9.46 Å². The van der Waals surface area contributed by atoms with Gasteiger partial charge >= 0.3 is 0 Å². The number of benzene rings is 1. The minimum Gasteiger partial charge on any atom is -0.490 e. The summed E-state index contributed by atoms with van der Waals surface area (Å²) in [7, 11) is -3.33. The standard InChI is InChI=1S/C19H28FNO3S/c1-2-3-4-12-25(22,23)21-19(10-11-19)16-8-9-17(20)18(13-16)24-14-15-6-5-7-15/h8-9,13,15,21H,2-7,10-12,14H2,1H3. The molecule has 0 atom stereocenters. The first-order valence-electron chi connectivity index (χ1n) is 9.38. The van der Waals surface area contributed by atoms with Crippen LogP contribution in [0.1, 0.15) is 63.9 Å². The summed E-state index contributed by atoms with van der Waals surface area (Å²) in [4.78, 5) is 0. The molecule has 1 aromatic rings. The predicted octanol–water partition coefficient (Wildman–Crippen LogP) is 4.10. The number of sulfonamides is 1. The van der Waals surface area contributed by atoms with Gasteiger partial charge in [0.15, 0.2) is 11.6 Å². The van der Waals surface area contributed by atoms with E-state index in [0.29, 0.717) is 18.9 Å². The molecule has 25 heavy (non-hydrogen) atoms. The van der Waals surface area contributed by atoms with E-state index in [4.69, 9.17) is 4.74 Å². The van der Waals surface area contributed by atoms with Crippen molar-refractivity contribution in [2.75, 3.05) is 12.4 Å². The number of unbranched alkanes of at least 4 members (excludes halogenated alkanes) is 2. The second kappa shape index (κ2) is 7.62. The van der Waals surface area contributed by atoms with E-state index in [0.717, 1.165) is 44.1 Å². The number of nitrogens with one attached hydrogen (secondary N) is 1. The Morgan fingerprint density at radius 2 is 2.04 bits per heavy atom. The molecular weight excluding hydrogens is 341 g/mol. The molecule has 1 aromatic carbocycles. The minimum atomic E-state index is -3.33. The van der Waals surface area contributed by atoms with E-state index in [-0.39, 0.29) is 17.3 Å². The van der Waals surface area contributed by atoms with Crippen molar-refractivity contribution in [3.05, 3.63) is 29.6 Å². The van der Waals surface area contributed by atoms with Crippen LogP contribution >= 0.6 is 0 Å². The number of hydrogen-bond donors (Lipinski definition) is 1. The summed E-state index contributed by atoms with van der Waals surface area (Å²) in [6, 6.07) is 4.74. The Morgan fingerprint density at radius 3 is 2.64 bits per heavy atom. The van der Waals surface area contributed by atoms with Crippen molar-refractivity contribution in [3.8, 4) is 5.75 Å². The SMILES string of the molecule is CCCCCS(=O)(=O)NC1(c2ccc(F)c(OCC3CCC3)c2)CC1. The van der Waals surface area contributed by atoms with Crippen molar-refractivity contribution in [2.45, 2.75) is 63.8 Å². The maximum absolute atomic E-state index is 14.0. The summed E-state index contributed by atoms with van der Waals surface area (Å²) in [6.07, 6.45) is 7.55. The zero-order valence-corrected chi connectivity index (χ0v) is 15.7. The highest BCUT2D eigenvalue weighted by molar-refractivity contribution is 7.89. The van der Waals surface area contributed by atoms with E-state index in [1.165, 1.54) is 12.5 Å². The van der Waals surface area contributed by atoms with E-state index in [1.54, 1.807) is 12.1 Å². The molecule has 2 saturated carbocycles. The van der Waals surface area contributed by atoms with E-state index in [2.05, 4.69) is 4.72 Å². The van der Waals surface area contributed by atoms with Crippen LogP contribution in [-0.4, -0.2) is 20.8 Å². The van der Waals surface area contributed by atoms with Gasteiger partial charge in [0, 0.05) is 0 Å². The van der Waals surface area contributed by atoms with Crippen molar-refractivity contribution in [2.24, 2.45) is 5.92 Å². The monoisotopic (exact) mass is 369 g/mol. The predicted molar refractivity (Wildman–Crippen MR) is 96.6 cm³/mol. The molecule has 2 aliphatic carbocycles. The van der Waals surface area contributed by atoms with Crippen LogP contribution in [0.4, 0.5) is 4.39 Å². The molecule has 0 amide bonds. The summed E-state index contributed by atoms with van der Waals surface area (Å²) in [5.74, 6) is 0.523. The first-order chi connectivity index (χ1) is 11.9. The number of hydrogen-bond acceptors (Lipinski definition) is 3. The molecule has 140 valence electrons. The van der Waals surface area contributed by atoms with Crippen LogP contribution in [0.3, 0.4) is 0 Å². The highest BCUT2D eigenvalue weighted by Crippen LogP contribution is 2.47. The van der Waals surface area contributed by atoms with Gasteiger partial charge < -0.3 is 4.74 Å². The van der Waals surface area contributed by atoms with Crippen molar-refractivity contribution in [1.29, 1.82) is 0 Å². The molecule has 3 rings (SSSR count). The van der Waals surface area contributed by atoms with Gasteiger partial charge in [-0.15, -0.1) is 0 Å². The molecule has 2 fully saturated rings. The Bertz CT molecular complexity index is 697. The van der Waals surface area contributed by atoms with Crippen LogP contribution in [-0.2, 0) is 15.6 Å². The lowest BCUT2D eigenvalue weighted by molar-refractivity contribution is 0.175. The quantitative estimate of drug-likeness (QED) is 0.632. The number of ether oxygens (including phenoxy) is 1. The Labute approximate surface area is 150 Å². The van der Waals surface area contributed by atoms with Crippen LogP contribution in [0.15, 0.2) is 18.2 Å². The van der Waals surface area contributed by atoms with Crippen LogP contribution in [0, 0.1) is 11.7 Å². The zero-order valence-electron chi connectivity index (χ0n) is 14.9. The van der Waals surface area contributed by atoms with Gasteiger partial charge in [-0.3, -0.25) is 0 Å². The van der Waals surface area contributed by atoms with Gasteiger partial charge in [-0.1, -0.05) is 32.3 Å². The van der Waals surface area contributed by atoms with Gasteiger partial charge in [0.25, 0.3) is 0 Å². The van der Waals surface area contributed by atoms with Crippen LogP contribution in [0.25, 0.3) is 0 Å². The Hall–Kier alpha value is -1.14. The first kappa shape index (κ1) is 18.6. The molecule has 0 aliphatic heterocycles. The third-order valence-corrected chi connectivity index (χ3v) is 6.83. The third-order valence-electron chi connectivity index (χ3n) is 5.30. The van der Waals surface area contributed by atoms with Gasteiger partial charge in [0.1, 0.15) is 0 Å². The summed E-state index contributed by atoms with van der Waals surface area (Å²) >= 11 is 0. The minimum absolute atomic E-state index is 0.148. The molecule has 1 N–H and O–H groups in total. The molecule has 6 heteroatoms. The highest BCUT2D eigenvalue weighted by atomic mass is 32.2. The topological polar surface area (TPSA) is 55.4 Å². The average molecular weight is 370 g/mol. The maximum Gasteiger partial charge on any atom is 0.212 e. The second-order valence-corrected chi connectivity index (χ2v) is 9.31. The summed E-state index contributed by atoms with van der Waals surface area (Å²) in [5.41, 5.74) is 0.226. The fraction of sp³-hybridized carbons (Fsp3) is 0.684. The van der Waals surface area contributed by atoms with Gasteiger partial charge in [-0.05, 0) is 55.7 Å². The molecule has 0 aromatic heterocycles. The Kier molecular flexibility index (Phi) is 5.68. The molecular formula is C19H28FNO3S. The summed E-state index contributed by atoms with van der Waals surface area (Å²) in [6.45, 7) is 2.59. The largest absolute Gasteiger partial charge is 0.490 e. The Balaban J connectivity index is 1.67. The molecule has 0 radical (unpaired) electrons. The van der Waals surface area contributed by atoms with Crippen molar-refractivity contribution >= 4 is 10.0 Å². The molecule has 0 unspecified atom stereocenters.